The number of nitrogens with zero attached hydrogens (tertiary/aromatic N) is 1. The molecule has 116 valence electrons. The highest BCUT2D eigenvalue weighted by Gasteiger charge is 2.40. The van der Waals surface area contributed by atoms with E-state index in [4.69, 9.17) is 12.6 Å². The second kappa shape index (κ2) is 6.60. The van der Waals surface area contributed by atoms with Crippen molar-refractivity contribution in [2.75, 3.05) is 25.9 Å². The fraction of sp³-hybridized carbons (Fsp3) is 1.00. The summed E-state index contributed by atoms with van der Waals surface area (Å²) >= 11 is 4.74. The number of hydrogen-bond acceptors (Lipinski definition) is 2. The van der Waals surface area contributed by atoms with E-state index in [9.17, 15) is 0 Å². The molecule has 0 radical (unpaired) electrons. The molecule has 0 N–H and O–H groups in total. The molecule has 2 heteroatoms. The average Bonchev–Trinajstić information content (AvgIpc) is 2.97. The van der Waals surface area contributed by atoms with Crippen molar-refractivity contribution in [2.45, 2.75) is 64.2 Å². The monoisotopic (exact) mass is 295 g/mol. The van der Waals surface area contributed by atoms with Crippen LogP contribution >= 0.6 is 12.6 Å². The Morgan fingerprint density at radius 1 is 1.05 bits per heavy atom. The predicted octanol–water partition coefficient (Wildman–Crippen LogP) is 4.62. The van der Waals surface area contributed by atoms with Crippen LogP contribution < -0.4 is 0 Å². The van der Waals surface area contributed by atoms with Crippen molar-refractivity contribution < 1.29 is 0 Å². The van der Waals surface area contributed by atoms with E-state index in [2.05, 4.69) is 11.9 Å². The number of thiol groups is 1. The molecule has 20 heavy (non-hydrogen) atoms. The minimum Gasteiger partial charge on any atom is -0.306 e. The highest BCUT2D eigenvalue weighted by atomic mass is 32.1. The van der Waals surface area contributed by atoms with E-state index < -0.39 is 0 Å². The topological polar surface area (TPSA) is 3.24 Å². The molecule has 2 bridgehead atoms. The summed E-state index contributed by atoms with van der Waals surface area (Å²) in [6.45, 7) is 2.65. The molecule has 3 fully saturated rings. The van der Waals surface area contributed by atoms with Crippen LogP contribution in [0.5, 0.6) is 0 Å². The molecule has 3 unspecified atom stereocenters. The molecule has 3 aliphatic carbocycles. The molecule has 0 amide bonds. The molecule has 0 saturated heterocycles. The van der Waals surface area contributed by atoms with Crippen molar-refractivity contribution in [3.05, 3.63) is 0 Å². The third-order valence-corrected chi connectivity index (χ3v) is 7.21. The number of fused-ring (bicyclic) bond motifs is 2. The lowest BCUT2D eigenvalue weighted by molar-refractivity contribution is 0.141. The van der Waals surface area contributed by atoms with Crippen molar-refractivity contribution >= 4 is 12.6 Å². The largest absolute Gasteiger partial charge is 0.306 e. The van der Waals surface area contributed by atoms with E-state index in [1.807, 2.05) is 0 Å². The maximum Gasteiger partial charge on any atom is 0.00429 e. The van der Waals surface area contributed by atoms with Crippen LogP contribution in [0.2, 0.25) is 0 Å². The Labute approximate surface area is 131 Å². The van der Waals surface area contributed by atoms with Crippen molar-refractivity contribution in [3.63, 3.8) is 0 Å². The highest BCUT2D eigenvalue weighted by Crippen LogP contribution is 2.48. The van der Waals surface area contributed by atoms with Crippen LogP contribution in [0, 0.1) is 23.2 Å². The first kappa shape index (κ1) is 15.2. The van der Waals surface area contributed by atoms with E-state index in [1.165, 1.54) is 70.9 Å². The van der Waals surface area contributed by atoms with Crippen molar-refractivity contribution in [1.82, 2.24) is 4.90 Å². The predicted molar refractivity (Wildman–Crippen MR) is 90.4 cm³/mol. The van der Waals surface area contributed by atoms with Gasteiger partial charge in [-0.15, -0.1) is 0 Å². The molecule has 0 spiro atoms. The summed E-state index contributed by atoms with van der Waals surface area (Å²) in [7, 11) is 2.38. The molecule has 0 heterocycles. The van der Waals surface area contributed by atoms with Gasteiger partial charge in [0.25, 0.3) is 0 Å². The maximum absolute atomic E-state index is 4.74. The molecule has 3 rings (SSSR count). The summed E-state index contributed by atoms with van der Waals surface area (Å²) in [6, 6.07) is 0. The second-order valence-corrected chi connectivity index (χ2v) is 8.52. The van der Waals surface area contributed by atoms with Crippen molar-refractivity contribution in [3.8, 4) is 0 Å². The first-order valence-corrected chi connectivity index (χ1v) is 9.63. The van der Waals surface area contributed by atoms with Gasteiger partial charge < -0.3 is 4.90 Å². The lowest BCUT2D eigenvalue weighted by atomic mass is 9.81. The zero-order valence-corrected chi connectivity index (χ0v) is 14.2. The summed E-state index contributed by atoms with van der Waals surface area (Å²) < 4.78 is 0. The van der Waals surface area contributed by atoms with Crippen LogP contribution in [-0.4, -0.2) is 30.8 Å². The van der Waals surface area contributed by atoms with Gasteiger partial charge in [0, 0.05) is 13.1 Å². The van der Waals surface area contributed by atoms with E-state index in [0.29, 0.717) is 5.41 Å². The Hall–Kier alpha value is 0.310. The summed E-state index contributed by atoms with van der Waals surface area (Å²) in [4.78, 5) is 2.67. The maximum atomic E-state index is 4.74. The Morgan fingerprint density at radius 2 is 1.80 bits per heavy atom. The smallest absolute Gasteiger partial charge is 0.00429 e. The molecule has 1 nitrogen and oxygen atoms in total. The van der Waals surface area contributed by atoms with E-state index in [-0.39, 0.29) is 0 Å². The minimum atomic E-state index is 0.520. The Balaban J connectivity index is 1.52. The molecule has 3 saturated carbocycles. The van der Waals surface area contributed by atoms with Gasteiger partial charge in [-0.25, -0.2) is 0 Å². The molecule has 0 aromatic heterocycles. The van der Waals surface area contributed by atoms with Crippen LogP contribution in [-0.2, 0) is 0 Å². The summed E-state index contributed by atoms with van der Waals surface area (Å²) in [5.74, 6) is 4.27. The fourth-order valence-corrected chi connectivity index (χ4v) is 5.90. The van der Waals surface area contributed by atoms with E-state index in [1.54, 1.807) is 6.42 Å². The molecule has 0 aromatic carbocycles. The third-order valence-electron chi connectivity index (χ3n) is 6.54. The summed E-state index contributed by atoms with van der Waals surface area (Å²) in [5.41, 5.74) is 0.520. The Bertz CT molecular complexity index is 309. The molecule has 0 aliphatic heterocycles. The summed E-state index contributed by atoms with van der Waals surface area (Å²) in [5, 5.41) is 0. The molecular weight excluding hydrogens is 262 g/mol. The zero-order chi connectivity index (χ0) is 14.0. The Morgan fingerprint density at radius 3 is 2.35 bits per heavy atom. The van der Waals surface area contributed by atoms with E-state index >= 15 is 0 Å². The van der Waals surface area contributed by atoms with E-state index in [0.717, 1.165) is 23.5 Å². The SMILES string of the molecule is CN(CC1CC2CCC1C2)CC1(CS)CCCCCC1. The van der Waals surface area contributed by atoms with Gasteiger partial charge in [0.2, 0.25) is 0 Å². The van der Waals surface area contributed by atoms with Gasteiger partial charge in [0.15, 0.2) is 0 Å². The zero-order valence-electron chi connectivity index (χ0n) is 13.3. The molecule has 3 aliphatic rings. The molecular formula is C18H33NS. The van der Waals surface area contributed by atoms with Gasteiger partial charge in [-0.05, 0) is 68.1 Å². The second-order valence-electron chi connectivity index (χ2n) is 8.20. The number of hydrogen-bond donors (Lipinski definition) is 1. The van der Waals surface area contributed by atoms with Gasteiger partial charge >= 0.3 is 0 Å². The van der Waals surface area contributed by atoms with Gasteiger partial charge in [0.1, 0.15) is 0 Å². The normalized spacial score (nSPS) is 36.5. The van der Waals surface area contributed by atoms with Crippen molar-refractivity contribution in [1.29, 1.82) is 0 Å². The first-order chi connectivity index (χ1) is 9.71. The van der Waals surface area contributed by atoms with Crippen LogP contribution in [0.1, 0.15) is 64.2 Å². The van der Waals surface area contributed by atoms with Crippen molar-refractivity contribution in [2.24, 2.45) is 23.2 Å². The highest BCUT2D eigenvalue weighted by molar-refractivity contribution is 7.80. The van der Waals surface area contributed by atoms with Crippen LogP contribution in [0.25, 0.3) is 0 Å². The summed E-state index contributed by atoms with van der Waals surface area (Å²) in [6.07, 6.45) is 14.7. The number of rotatable bonds is 5. The van der Waals surface area contributed by atoms with Crippen LogP contribution in [0.15, 0.2) is 0 Å². The lowest BCUT2D eigenvalue weighted by Gasteiger charge is -2.37. The molecule has 0 aromatic rings. The minimum absolute atomic E-state index is 0.520. The quantitative estimate of drug-likeness (QED) is 0.572. The fourth-order valence-electron chi connectivity index (χ4n) is 5.48. The van der Waals surface area contributed by atoms with Gasteiger partial charge in [-0.2, -0.15) is 12.6 Å². The lowest BCUT2D eigenvalue weighted by Crippen LogP contribution is -2.40. The standard InChI is InChI=1S/C18H33NS/c1-19(12-17-11-15-6-7-16(17)10-15)13-18(14-20)8-4-2-3-5-9-18/h15-17,20H,2-14H2,1H3. The first-order valence-electron chi connectivity index (χ1n) is 9.00. The van der Waals surface area contributed by atoms with Gasteiger partial charge in [-0.1, -0.05) is 32.1 Å². The van der Waals surface area contributed by atoms with Gasteiger partial charge in [-0.3, -0.25) is 0 Å². The van der Waals surface area contributed by atoms with Crippen LogP contribution in [0.3, 0.4) is 0 Å². The molecule has 3 atom stereocenters. The Kier molecular flexibility index (Phi) is 5.02. The third kappa shape index (κ3) is 3.38. The van der Waals surface area contributed by atoms with Gasteiger partial charge in [0.05, 0.1) is 0 Å². The van der Waals surface area contributed by atoms with Crippen LogP contribution in [0.4, 0.5) is 0 Å². The average molecular weight is 296 g/mol.